The number of esters is 1. The summed E-state index contributed by atoms with van der Waals surface area (Å²) in [5, 5.41) is 10.8. The number of nitrogens with two attached hydrogens (primary N) is 1. The lowest BCUT2D eigenvalue weighted by atomic mass is 10.0. The van der Waals surface area contributed by atoms with Gasteiger partial charge in [0.2, 0.25) is 0 Å². The van der Waals surface area contributed by atoms with Gasteiger partial charge in [0.25, 0.3) is 0 Å². The Morgan fingerprint density at radius 1 is 1.29 bits per heavy atom. The van der Waals surface area contributed by atoms with Crippen molar-refractivity contribution in [2.45, 2.75) is 32.7 Å². The summed E-state index contributed by atoms with van der Waals surface area (Å²) in [7, 11) is 1.40. The second kappa shape index (κ2) is 9.77. The van der Waals surface area contributed by atoms with Crippen molar-refractivity contribution in [3.63, 3.8) is 0 Å². The lowest BCUT2D eigenvalue weighted by Gasteiger charge is -2.18. The molecular formula is C15H24N2O4. The van der Waals surface area contributed by atoms with Gasteiger partial charge in [0.05, 0.1) is 13.7 Å². The van der Waals surface area contributed by atoms with Crippen molar-refractivity contribution >= 4 is 17.6 Å². The highest BCUT2D eigenvalue weighted by atomic mass is 16.5. The highest BCUT2D eigenvalue weighted by molar-refractivity contribution is 5.79. The van der Waals surface area contributed by atoms with Crippen molar-refractivity contribution in [1.29, 1.82) is 0 Å². The number of para-hydroxylation sites is 1. The van der Waals surface area contributed by atoms with Crippen LogP contribution in [0, 0.1) is 0 Å². The van der Waals surface area contributed by atoms with E-state index in [0.717, 1.165) is 5.69 Å². The third-order valence-corrected chi connectivity index (χ3v) is 2.68. The fourth-order valence-electron chi connectivity index (χ4n) is 1.60. The summed E-state index contributed by atoms with van der Waals surface area (Å²) in [6.07, 6.45) is 0. The Hall–Kier alpha value is -2.08. The molecule has 4 N–H and O–H groups in total. The highest BCUT2D eigenvalue weighted by Crippen LogP contribution is 2.24. The van der Waals surface area contributed by atoms with Gasteiger partial charge in [-0.25, -0.2) is 4.79 Å². The first kappa shape index (κ1) is 18.9. The van der Waals surface area contributed by atoms with Gasteiger partial charge in [-0.15, -0.1) is 0 Å². The second-order valence-corrected chi connectivity index (χ2v) is 4.73. The summed E-state index contributed by atoms with van der Waals surface area (Å²) >= 11 is 0. The van der Waals surface area contributed by atoms with Gasteiger partial charge in [-0.2, -0.15) is 0 Å². The Morgan fingerprint density at radius 3 is 2.24 bits per heavy atom. The van der Waals surface area contributed by atoms with Gasteiger partial charge in [0.15, 0.2) is 0 Å². The van der Waals surface area contributed by atoms with Crippen LogP contribution in [0.5, 0.6) is 0 Å². The van der Waals surface area contributed by atoms with Crippen LogP contribution < -0.4 is 11.1 Å². The zero-order valence-electron chi connectivity index (χ0n) is 12.9. The summed E-state index contributed by atoms with van der Waals surface area (Å²) in [5.41, 5.74) is 6.77. The Bertz CT molecular complexity index is 461. The summed E-state index contributed by atoms with van der Waals surface area (Å²) < 4.78 is 4.68. The number of benzene rings is 1. The zero-order chi connectivity index (χ0) is 16.4. The number of anilines is 1. The Balaban J connectivity index is 0.000000690. The number of nitrogens with one attached hydrogen (secondary N) is 1. The molecule has 1 atom stereocenters. The van der Waals surface area contributed by atoms with Crippen LogP contribution in [0.2, 0.25) is 0 Å². The van der Waals surface area contributed by atoms with E-state index in [2.05, 4.69) is 35.7 Å². The SMILES string of the molecule is COC(=O)[C@H](C)Nc1ccccc1C(C)C.NCC(=O)O. The van der Waals surface area contributed by atoms with Crippen molar-refractivity contribution in [2.24, 2.45) is 5.73 Å². The molecule has 0 aliphatic rings. The van der Waals surface area contributed by atoms with Crippen molar-refractivity contribution in [3.05, 3.63) is 29.8 Å². The van der Waals surface area contributed by atoms with E-state index in [9.17, 15) is 9.59 Å². The van der Waals surface area contributed by atoms with E-state index in [1.165, 1.54) is 12.7 Å². The number of hydrogen-bond donors (Lipinski definition) is 3. The molecule has 118 valence electrons. The third kappa shape index (κ3) is 7.31. The molecule has 21 heavy (non-hydrogen) atoms. The molecule has 0 fully saturated rings. The first-order valence-corrected chi connectivity index (χ1v) is 6.68. The molecule has 6 nitrogen and oxygen atoms in total. The first-order chi connectivity index (χ1) is 9.83. The van der Waals surface area contributed by atoms with E-state index in [0.29, 0.717) is 5.92 Å². The molecular weight excluding hydrogens is 272 g/mol. The lowest BCUT2D eigenvalue weighted by Crippen LogP contribution is -2.27. The molecule has 0 amide bonds. The smallest absolute Gasteiger partial charge is 0.327 e. The summed E-state index contributed by atoms with van der Waals surface area (Å²) in [6, 6.07) is 7.68. The minimum atomic E-state index is -0.968. The molecule has 1 aromatic rings. The maximum atomic E-state index is 11.3. The molecule has 6 heteroatoms. The molecule has 0 heterocycles. The van der Waals surface area contributed by atoms with E-state index in [4.69, 9.17) is 5.11 Å². The lowest BCUT2D eigenvalue weighted by molar-refractivity contribution is -0.141. The van der Waals surface area contributed by atoms with Crippen molar-refractivity contribution in [1.82, 2.24) is 0 Å². The molecule has 0 aliphatic carbocycles. The molecule has 0 aliphatic heterocycles. The fraction of sp³-hybridized carbons (Fsp3) is 0.467. The van der Waals surface area contributed by atoms with Crippen molar-refractivity contribution in [2.75, 3.05) is 19.0 Å². The van der Waals surface area contributed by atoms with E-state index in [1.54, 1.807) is 6.92 Å². The fourth-order valence-corrected chi connectivity index (χ4v) is 1.60. The normalized spacial score (nSPS) is 11.1. The largest absolute Gasteiger partial charge is 0.480 e. The van der Waals surface area contributed by atoms with E-state index >= 15 is 0 Å². The average molecular weight is 296 g/mol. The predicted molar refractivity (Wildman–Crippen MR) is 82.3 cm³/mol. The summed E-state index contributed by atoms with van der Waals surface area (Å²) in [5.74, 6) is -0.794. The van der Waals surface area contributed by atoms with Crippen LogP contribution in [0.3, 0.4) is 0 Å². The van der Waals surface area contributed by atoms with Gasteiger partial charge in [-0.3, -0.25) is 4.79 Å². The topological polar surface area (TPSA) is 102 Å². The minimum Gasteiger partial charge on any atom is -0.480 e. The van der Waals surface area contributed by atoms with E-state index in [-0.39, 0.29) is 18.6 Å². The van der Waals surface area contributed by atoms with E-state index in [1.807, 2.05) is 18.2 Å². The van der Waals surface area contributed by atoms with Crippen LogP contribution in [-0.4, -0.2) is 36.7 Å². The average Bonchev–Trinajstić information content (AvgIpc) is 2.47. The van der Waals surface area contributed by atoms with Gasteiger partial charge in [0.1, 0.15) is 6.04 Å². The number of carbonyl (C=O) groups is 2. The Morgan fingerprint density at radius 2 is 1.81 bits per heavy atom. The van der Waals surface area contributed by atoms with Crippen molar-refractivity contribution in [3.8, 4) is 0 Å². The number of rotatable bonds is 5. The van der Waals surface area contributed by atoms with Crippen LogP contribution >= 0.6 is 0 Å². The van der Waals surface area contributed by atoms with Crippen LogP contribution in [0.1, 0.15) is 32.3 Å². The predicted octanol–water partition coefficient (Wildman–Crippen LogP) is 1.81. The van der Waals surface area contributed by atoms with Crippen LogP contribution in [0.4, 0.5) is 5.69 Å². The number of carbonyl (C=O) groups excluding carboxylic acids is 1. The monoisotopic (exact) mass is 296 g/mol. The van der Waals surface area contributed by atoms with Gasteiger partial charge in [0, 0.05) is 5.69 Å². The molecule has 0 aromatic heterocycles. The molecule has 0 radical (unpaired) electrons. The Labute approximate surface area is 125 Å². The molecule has 0 saturated heterocycles. The Kier molecular flexibility index (Phi) is 8.80. The molecule has 0 unspecified atom stereocenters. The zero-order valence-corrected chi connectivity index (χ0v) is 12.9. The van der Waals surface area contributed by atoms with Crippen LogP contribution in [0.25, 0.3) is 0 Å². The third-order valence-electron chi connectivity index (χ3n) is 2.68. The number of hydrogen-bond acceptors (Lipinski definition) is 5. The first-order valence-electron chi connectivity index (χ1n) is 6.68. The molecule has 0 bridgehead atoms. The summed E-state index contributed by atoms with van der Waals surface area (Å²) in [4.78, 5) is 20.6. The standard InChI is InChI=1S/C13H19NO2.C2H5NO2/c1-9(2)11-7-5-6-8-12(11)14-10(3)13(15)16-4;3-1-2(4)5/h5-10,14H,1-4H3;1,3H2,(H,4,5)/t10-;/m0./s1. The van der Waals surface area contributed by atoms with Gasteiger partial charge in [-0.1, -0.05) is 32.0 Å². The van der Waals surface area contributed by atoms with E-state index < -0.39 is 5.97 Å². The van der Waals surface area contributed by atoms with Gasteiger partial charge >= 0.3 is 11.9 Å². The van der Waals surface area contributed by atoms with Crippen LogP contribution in [0.15, 0.2) is 24.3 Å². The maximum absolute atomic E-state index is 11.3. The second-order valence-electron chi connectivity index (χ2n) is 4.73. The van der Waals surface area contributed by atoms with Gasteiger partial charge < -0.3 is 20.9 Å². The molecule has 0 saturated carbocycles. The molecule has 1 rings (SSSR count). The highest BCUT2D eigenvalue weighted by Gasteiger charge is 2.14. The van der Waals surface area contributed by atoms with Crippen LogP contribution in [-0.2, 0) is 14.3 Å². The maximum Gasteiger partial charge on any atom is 0.327 e. The number of carboxylic acid groups (broad SMARTS) is 1. The number of aliphatic carboxylic acids is 1. The minimum absolute atomic E-state index is 0.251. The van der Waals surface area contributed by atoms with Gasteiger partial charge in [-0.05, 0) is 24.5 Å². The number of ether oxygens (including phenoxy) is 1. The summed E-state index contributed by atoms with van der Waals surface area (Å²) in [6.45, 7) is 5.77. The quantitative estimate of drug-likeness (QED) is 0.716. The molecule has 0 spiro atoms. The number of carboxylic acids is 1. The van der Waals surface area contributed by atoms with Crippen molar-refractivity contribution < 1.29 is 19.4 Å². The number of methoxy groups -OCH3 is 1. The molecule has 1 aromatic carbocycles.